The monoisotopic (exact) mass is 304 g/mol. The van der Waals surface area contributed by atoms with Gasteiger partial charge in [0.1, 0.15) is 11.6 Å². The summed E-state index contributed by atoms with van der Waals surface area (Å²) in [5.74, 6) is -1.55. The molecule has 1 heterocycles. The molecule has 0 radical (unpaired) electrons. The maximum Gasteiger partial charge on any atom is 0.254 e. The highest BCUT2D eigenvalue weighted by Crippen LogP contribution is 2.15. The highest BCUT2D eigenvalue weighted by atomic mass is 35.5. The third kappa shape index (κ3) is 4.15. The van der Waals surface area contributed by atoms with Crippen LogP contribution in [0.1, 0.15) is 30.1 Å². The Morgan fingerprint density at radius 3 is 2.85 bits per heavy atom. The van der Waals surface area contributed by atoms with E-state index in [1.54, 1.807) is 0 Å². The summed E-state index contributed by atoms with van der Waals surface area (Å²) < 4.78 is 26.5. The molecule has 1 aromatic carbocycles. The number of halogens is 3. The van der Waals surface area contributed by atoms with Crippen molar-refractivity contribution < 1.29 is 13.6 Å². The van der Waals surface area contributed by atoms with Crippen molar-refractivity contribution in [1.29, 1.82) is 0 Å². The Morgan fingerprint density at radius 2 is 2.20 bits per heavy atom. The summed E-state index contributed by atoms with van der Waals surface area (Å²) in [6.45, 7) is 3.73. The van der Waals surface area contributed by atoms with Gasteiger partial charge in [-0.3, -0.25) is 4.79 Å². The fourth-order valence-electron chi connectivity index (χ4n) is 2.38. The molecule has 0 spiro atoms. The molecule has 6 heteroatoms. The van der Waals surface area contributed by atoms with Gasteiger partial charge in [0, 0.05) is 6.04 Å². The van der Waals surface area contributed by atoms with Gasteiger partial charge in [-0.2, -0.15) is 0 Å². The van der Waals surface area contributed by atoms with E-state index in [1.807, 2.05) is 6.92 Å². The van der Waals surface area contributed by atoms with Crippen molar-refractivity contribution in [2.75, 3.05) is 13.1 Å². The smallest absolute Gasteiger partial charge is 0.254 e. The molecule has 1 aromatic rings. The van der Waals surface area contributed by atoms with Gasteiger partial charge >= 0.3 is 0 Å². The van der Waals surface area contributed by atoms with Gasteiger partial charge in [0.2, 0.25) is 0 Å². The Kier molecular flexibility index (Phi) is 6.36. The molecule has 0 bridgehead atoms. The van der Waals surface area contributed by atoms with Crippen LogP contribution >= 0.6 is 12.4 Å². The third-order valence-corrected chi connectivity index (χ3v) is 3.57. The van der Waals surface area contributed by atoms with Crippen molar-refractivity contribution in [3.05, 3.63) is 35.4 Å². The molecular formula is C14H19ClF2N2O. The molecule has 1 saturated heterocycles. The maximum atomic E-state index is 13.5. The van der Waals surface area contributed by atoms with E-state index in [9.17, 15) is 13.6 Å². The standard InChI is InChI=1S/C14H18F2N2O.ClH/c1-9(10-3-2-6-17-8-10)18-14(19)12-7-11(15)4-5-13(12)16;/h4-5,7,9-10,17H,2-3,6,8H2,1H3,(H,18,19);1H. The first-order chi connectivity index (χ1) is 9.08. The largest absolute Gasteiger partial charge is 0.349 e. The van der Waals surface area contributed by atoms with Crippen LogP contribution in [-0.2, 0) is 0 Å². The third-order valence-electron chi connectivity index (χ3n) is 3.57. The first-order valence-electron chi connectivity index (χ1n) is 6.54. The Labute approximate surface area is 123 Å². The number of hydrogen-bond donors (Lipinski definition) is 2. The van der Waals surface area contributed by atoms with Crippen LogP contribution in [0.25, 0.3) is 0 Å². The van der Waals surface area contributed by atoms with E-state index in [0.717, 1.165) is 44.1 Å². The van der Waals surface area contributed by atoms with Crippen molar-refractivity contribution in [1.82, 2.24) is 10.6 Å². The van der Waals surface area contributed by atoms with Crippen LogP contribution in [-0.4, -0.2) is 25.0 Å². The number of amides is 1. The Bertz CT molecular complexity index is 464. The van der Waals surface area contributed by atoms with Gasteiger partial charge in [0.25, 0.3) is 5.91 Å². The molecule has 1 aliphatic heterocycles. The summed E-state index contributed by atoms with van der Waals surface area (Å²) >= 11 is 0. The molecule has 2 rings (SSSR count). The Balaban J connectivity index is 0.00000200. The van der Waals surface area contributed by atoms with E-state index >= 15 is 0 Å². The highest BCUT2D eigenvalue weighted by molar-refractivity contribution is 5.94. The Hall–Kier alpha value is -1.20. The van der Waals surface area contributed by atoms with E-state index in [-0.39, 0.29) is 24.0 Å². The molecule has 112 valence electrons. The number of carbonyl (C=O) groups is 1. The van der Waals surface area contributed by atoms with Crippen LogP contribution < -0.4 is 10.6 Å². The number of hydrogen-bond acceptors (Lipinski definition) is 2. The average molecular weight is 305 g/mol. The molecule has 1 fully saturated rings. The second-order valence-electron chi connectivity index (χ2n) is 4.99. The normalized spacial score (nSPS) is 19.9. The van der Waals surface area contributed by atoms with Crippen LogP contribution in [0.5, 0.6) is 0 Å². The molecule has 0 aromatic heterocycles. The summed E-state index contributed by atoms with van der Waals surface area (Å²) in [6.07, 6.45) is 2.10. The minimum absolute atomic E-state index is 0. The lowest BCUT2D eigenvalue weighted by atomic mass is 9.92. The van der Waals surface area contributed by atoms with Crippen LogP contribution in [0.3, 0.4) is 0 Å². The first-order valence-corrected chi connectivity index (χ1v) is 6.54. The second kappa shape index (κ2) is 7.55. The minimum atomic E-state index is -0.701. The number of piperidine rings is 1. The summed E-state index contributed by atoms with van der Waals surface area (Å²) in [6, 6.07) is 2.83. The fraction of sp³-hybridized carbons (Fsp3) is 0.500. The van der Waals surface area contributed by atoms with E-state index < -0.39 is 17.5 Å². The van der Waals surface area contributed by atoms with E-state index in [4.69, 9.17) is 0 Å². The zero-order chi connectivity index (χ0) is 13.8. The van der Waals surface area contributed by atoms with Crippen molar-refractivity contribution in [3.8, 4) is 0 Å². The molecule has 3 nitrogen and oxygen atoms in total. The average Bonchev–Trinajstić information content (AvgIpc) is 2.42. The fourth-order valence-corrected chi connectivity index (χ4v) is 2.38. The minimum Gasteiger partial charge on any atom is -0.349 e. The number of rotatable bonds is 3. The summed E-state index contributed by atoms with van der Waals surface area (Å²) in [5.41, 5.74) is -0.240. The van der Waals surface area contributed by atoms with Gasteiger partial charge in [-0.1, -0.05) is 0 Å². The zero-order valence-electron chi connectivity index (χ0n) is 11.3. The predicted molar refractivity (Wildman–Crippen MR) is 76.1 cm³/mol. The van der Waals surface area contributed by atoms with Crippen molar-refractivity contribution in [3.63, 3.8) is 0 Å². The lowest BCUT2D eigenvalue weighted by molar-refractivity contribution is 0.0917. The molecule has 1 amide bonds. The molecule has 2 N–H and O–H groups in total. The summed E-state index contributed by atoms with van der Waals surface area (Å²) in [4.78, 5) is 11.9. The van der Waals surface area contributed by atoms with Gasteiger partial charge in [0.05, 0.1) is 5.56 Å². The second-order valence-corrected chi connectivity index (χ2v) is 4.99. The molecule has 1 aliphatic rings. The van der Waals surface area contributed by atoms with E-state index in [2.05, 4.69) is 10.6 Å². The van der Waals surface area contributed by atoms with Gasteiger partial charge in [0.15, 0.2) is 0 Å². The topological polar surface area (TPSA) is 41.1 Å². The molecule has 2 unspecified atom stereocenters. The lowest BCUT2D eigenvalue weighted by Crippen LogP contribution is -2.44. The quantitative estimate of drug-likeness (QED) is 0.901. The molecule has 2 atom stereocenters. The van der Waals surface area contributed by atoms with Crippen molar-refractivity contribution >= 4 is 18.3 Å². The first kappa shape index (κ1) is 16.9. The van der Waals surface area contributed by atoms with Gasteiger partial charge < -0.3 is 10.6 Å². The Morgan fingerprint density at radius 1 is 1.45 bits per heavy atom. The van der Waals surface area contributed by atoms with E-state index in [0.29, 0.717) is 5.92 Å². The van der Waals surface area contributed by atoms with Gasteiger partial charge in [-0.25, -0.2) is 8.78 Å². The predicted octanol–water partition coefficient (Wildman–Crippen LogP) is 2.50. The molecular weight excluding hydrogens is 286 g/mol. The zero-order valence-corrected chi connectivity index (χ0v) is 12.1. The number of nitrogens with one attached hydrogen (secondary N) is 2. The van der Waals surface area contributed by atoms with Crippen molar-refractivity contribution in [2.24, 2.45) is 5.92 Å². The van der Waals surface area contributed by atoms with Gasteiger partial charge in [-0.05, 0) is 57.0 Å². The van der Waals surface area contributed by atoms with Crippen LogP contribution in [0.4, 0.5) is 8.78 Å². The summed E-state index contributed by atoms with van der Waals surface area (Å²) in [7, 11) is 0. The van der Waals surface area contributed by atoms with Crippen molar-refractivity contribution in [2.45, 2.75) is 25.8 Å². The molecule has 0 saturated carbocycles. The van der Waals surface area contributed by atoms with Gasteiger partial charge in [-0.15, -0.1) is 12.4 Å². The summed E-state index contributed by atoms with van der Waals surface area (Å²) in [5, 5.41) is 6.01. The molecule has 0 aliphatic carbocycles. The van der Waals surface area contributed by atoms with E-state index in [1.165, 1.54) is 0 Å². The van der Waals surface area contributed by atoms with Crippen LogP contribution in [0.2, 0.25) is 0 Å². The van der Waals surface area contributed by atoms with Crippen LogP contribution in [0.15, 0.2) is 18.2 Å². The highest BCUT2D eigenvalue weighted by Gasteiger charge is 2.22. The molecule has 20 heavy (non-hydrogen) atoms. The number of carbonyl (C=O) groups excluding carboxylic acids is 1. The van der Waals surface area contributed by atoms with Crippen LogP contribution in [0, 0.1) is 17.6 Å². The number of benzene rings is 1. The SMILES string of the molecule is CC(NC(=O)c1cc(F)ccc1F)C1CCCNC1.Cl. The maximum absolute atomic E-state index is 13.5. The lowest BCUT2D eigenvalue weighted by Gasteiger charge is -2.29.